The maximum Gasteiger partial charge on any atom is 0.285 e. The van der Waals surface area contributed by atoms with Crippen molar-refractivity contribution in [1.82, 2.24) is 9.55 Å². The van der Waals surface area contributed by atoms with Crippen LogP contribution in [0.15, 0.2) is 227 Å². The van der Waals surface area contributed by atoms with Crippen molar-refractivity contribution in [3.63, 3.8) is 0 Å². The molecular weight excluding hydrogens is 976 g/mol. The minimum Gasteiger partial charge on any atom is -0.457 e. The number of rotatable bonds is 10. The van der Waals surface area contributed by atoms with E-state index in [2.05, 4.69) is 206 Å². The number of benzene rings is 9. The predicted octanol–water partition coefficient (Wildman–Crippen LogP) is 16.3. The van der Waals surface area contributed by atoms with Crippen LogP contribution >= 0.6 is 0 Å². The third-order valence-electron chi connectivity index (χ3n) is 15.7. The molecule has 0 bridgehead atoms. The Labute approximate surface area is 456 Å². The van der Waals surface area contributed by atoms with Gasteiger partial charge in [0.05, 0.1) is 23.4 Å². The topological polar surface area (TPSA) is 87.1 Å². The third kappa shape index (κ3) is 7.73. The Morgan fingerprint density at radius 3 is 1.89 bits per heavy atom. The molecule has 10 heteroatoms. The molecule has 2 aliphatic heterocycles. The lowest BCUT2D eigenvalue weighted by Crippen LogP contribution is -2.56. The third-order valence-corrected chi connectivity index (χ3v) is 15.7. The standard InChI is InChI=1S/C69H51BN4O5/c1-42-18-8-12-28-55(42)73(46-21-16-22-47(39-46)75-48-32-33-52-51-23-9-13-29-56(51)74(57(52)40-48)62-38-45(34-35-71-62)69(2,3)4)41-72-66-49(43-19-6-5-7-20-43)26-17-27-50(66)44-36-60-65-61(37-44)79-68-64(54-25-11-15-31-59(54)77-68)70(65)63-53-24-10-14-30-58(53)76-67(63)78-60/h5-40,72H,41H2,1-4H3. The fourth-order valence-corrected chi connectivity index (χ4v) is 11.9. The summed E-state index contributed by atoms with van der Waals surface area (Å²) >= 11 is 0. The maximum atomic E-state index is 6.86. The van der Waals surface area contributed by atoms with Crippen LogP contribution < -0.4 is 40.8 Å². The van der Waals surface area contributed by atoms with E-state index < -0.39 is 0 Å². The van der Waals surface area contributed by atoms with Gasteiger partial charge in [0, 0.05) is 78.8 Å². The van der Waals surface area contributed by atoms with Gasteiger partial charge < -0.3 is 33.3 Å². The summed E-state index contributed by atoms with van der Waals surface area (Å²) in [6.45, 7) is 9.00. The minimum atomic E-state index is -0.252. The zero-order chi connectivity index (χ0) is 52.9. The number of anilines is 3. The van der Waals surface area contributed by atoms with Crippen LogP contribution in [-0.4, -0.2) is 22.9 Å². The Morgan fingerprint density at radius 1 is 0.544 bits per heavy atom. The summed E-state index contributed by atoms with van der Waals surface area (Å²) in [5.74, 6) is 4.58. The molecule has 13 aromatic rings. The molecule has 0 amide bonds. The fourth-order valence-electron chi connectivity index (χ4n) is 11.9. The van der Waals surface area contributed by atoms with E-state index in [1.807, 2.05) is 54.7 Å². The second-order valence-electron chi connectivity index (χ2n) is 21.5. The summed E-state index contributed by atoms with van der Waals surface area (Å²) in [6.07, 6.45) is 1.91. The molecule has 0 spiro atoms. The number of furan rings is 2. The first kappa shape index (κ1) is 46.4. The molecule has 0 unspecified atom stereocenters. The number of hydrogen-bond acceptors (Lipinski definition) is 8. The van der Waals surface area contributed by atoms with Gasteiger partial charge in [0.2, 0.25) is 0 Å². The first-order chi connectivity index (χ1) is 38.7. The zero-order valence-electron chi connectivity index (χ0n) is 44.0. The lowest BCUT2D eigenvalue weighted by atomic mass is 9.35. The molecule has 9 nitrogen and oxygen atoms in total. The van der Waals surface area contributed by atoms with Gasteiger partial charge in [-0.1, -0.05) is 148 Å². The van der Waals surface area contributed by atoms with E-state index >= 15 is 0 Å². The van der Waals surface area contributed by atoms with E-state index in [4.69, 9.17) is 28.0 Å². The molecule has 4 aromatic heterocycles. The highest BCUT2D eigenvalue weighted by Gasteiger charge is 2.46. The van der Waals surface area contributed by atoms with E-state index in [-0.39, 0.29) is 12.1 Å². The van der Waals surface area contributed by atoms with Crippen molar-refractivity contribution in [2.45, 2.75) is 33.1 Å². The van der Waals surface area contributed by atoms with Crippen molar-refractivity contribution in [3.8, 4) is 63.0 Å². The van der Waals surface area contributed by atoms with Gasteiger partial charge in [-0.05, 0) is 107 Å². The molecule has 0 radical (unpaired) electrons. The summed E-state index contributed by atoms with van der Waals surface area (Å²) in [5, 5.41) is 8.29. The second-order valence-corrected chi connectivity index (χ2v) is 21.5. The maximum absolute atomic E-state index is 6.86. The summed E-state index contributed by atoms with van der Waals surface area (Å²) in [6, 6.07) is 73.5. The Bertz CT molecular complexity index is 4460. The average Bonchev–Trinajstić information content (AvgIpc) is 3.88. The number of nitrogens with zero attached hydrogens (tertiary/aromatic N) is 3. The molecular formula is C69H51BN4O5. The molecule has 6 heterocycles. The predicted molar refractivity (Wildman–Crippen MR) is 320 cm³/mol. The SMILES string of the molecule is Cc1ccccc1N(CNc1c(-c2ccccc2)cccc1-c1cc2c3c(c1)Oc1oc4ccccc4c1B3c1c(oc3ccccc13)O2)c1cccc(Oc2ccc3c4ccccc4n(-c4cc(C(C)(C)C)ccn4)c3c2)c1. The Hall–Kier alpha value is -9.93. The number of para-hydroxylation sites is 5. The molecule has 9 aromatic carbocycles. The number of ether oxygens (including phenoxy) is 3. The zero-order valence-corrected chi connectivity index (χ0v) is 44.0. The van der Waals surface area contributed by atoms with Crippen LogP contribution in [0.2, 0.25) is 0 Å². The molecule has 0 fully saturated rings. The van der Waals surface area contributed by atoms with Crippen molar-refractivity contribution < 1.29 is 23.0 Å². The lowest BCUT2D eigenvalue weighted by Gasteiger charge is -2.30. The largest absolute Gasteiger partial charge is 0.457 e. The number of nitrogens with one attached hydrogen (secondary N) is 1. The Morgan fingerprint density at radius 2 is 1.16 bits per heavy atom. The Balaban J connectivity index is 0.821. The van der Waals surface area contributed by atoms with Crippen molar-refractivity contribution >= 4 is 83.9 Å². The van der Waals surface area contributed by atoms with E-state index in [1.54, 1.807) is 0 Å². The first-order valence-electron chi connectivity index (χ1n) is 26.8. The number of pyridine rings is 1. The molecule has 79 heavy (non-hydrogen) atoms. The highest BCUT2D eigenvalue weighted by atomic mass is 16.6. The van der Waals surface area contributed by atoms with Gasteiger partial charge in [0.15, 0.2) is 0 Å². The first-order valence-corrected chi connectivity index (χ1v) is 26.8. The molecule has 0 aliphatic carbocycles. The second kappa shape index (κ2) is 18.1. The highest BCUT2D eigenvalue weighted by molar-refractivity contribution is 7.00. The molecule has 2 aliphatic rings. The number of aryl methyl sites for hydroxylation is 1. The monoisotopic (exact) mass is 1030 g/mol. The lowest BCUT2D eigenvalue weighted by molar-refractivity contribution is 0.350. The van der Waals surface area contributed by atoms with Gasteiger partial charge in [-0.2, -0.15) is 0 Å². The summed E-state index contributed by atoms with van der Waals surface area (Å²) < 4.78 is 35.9. The highest BCUT2D eigenvalue weighted by Crippen LogP contribution is 2.46. The van der Waals surface area contributed by atoms with Crippen LogP contribution in [0.5, 0.6) is 34.9 Å². The van der Waals surface area contributed by atoms with Crippen LogP contribution in [0.3, 0.4) is 0 Å². The van der Waals surface area contributed by atoms with Crippen LogP contribution in [0.25, 0.3) is 71.8 Å². The number of fused-ring (bicyclic) bond motifs is 11. The molecule has 1 N–H and O–H groups in total. The quantitative estimate of drug-likeness (QED) is 0.107. The van der Waals surface area contributed by atoms with Gasteiger partial charge in [-0.25, -0.2) is 4.98 Å². The van der Waals surface area contributed by atoms with E-state index in [1.165, 1.54) is 5.56 Å². The van der Waals surface area contributed by atoms with Crippen molar-refractivity contribution in [1.29, 1.82) is 0 Å². The normalized spacial score (nSPS) is 12.5. The molecule has 0 saturated carbocycles. The molecule has 0 saturated heterocycles. The fraction of sp³-hybridized carbons (Fsp3) is 0.0870. The van der Waals surface area contributed by atoms with Gasteiger partial charge in [0.25, 0.3) is 18.6 Å². The van der Waals surface area contributed by atoms with Gasteiger partial charge in [-0.3, -0.25) is 4.57 Å². The van der Waals surface area contributed by atoms with Crippen molar-refractivity contribution in [2.75, 3.05) is 16.9 Å². The summed E-state index contributed by atoms with van der Waals surface area (Å²) in [5.41, 5.74) is 15.7. The summed E-state index contributed by atoms with van der Waals surface area (Å²) in [4.78, 5) is 7.22. The van der Waals surface area contributed by atoms with E-state index in [9.17, 15) is 0 Å². The summed E-state index contributed by atoms with van der Waals surface area (Å²) in [7, 11) is 0. The average molecular weight is 1030 g/mol. The Kier molecular flexibility index (Phi) is 10.6. The number of hydrogen-bond donors (Lipinski definition) is 1. The molecule has 15 rings (SSSR count). The number of aromatic nitrogens is 2. The van der Waals surface area contributed by atoms with Crippen molar-refractivity contribution in [2.24, 2.45) is 0 Å². The minimum absolute atomic E-state index is 0.0389. The molecule has 380 valence electrons. The van der Waals surface area contributed by atoms with E-state index in [0.717, 1.165) is 117 Å². The van der Waals surface area contributed by atoms with Crippen LogP contribution in [0.1, 0.15) is 31.9 Å². The van der Waals surface area contributed by atoms with Gasteiger partial charge >= 0.3 is 0 Å². The smallest absolute Gasteiger partial charge is 0.285 e. The van der Waals surface area contributed by atoms with Crippen molar-refractivity contribution in [3.05, 3.63) is 230 Å². The van der Waals surface area contributed by atoms with Gasteiger partial charge in [0.1, 0.15) is 40.0 Å². The van der Waals surface area contributed by atoms with Crippen LogP contribution in [-0.2, 0) is 5.41 Å². The molecule has 0 atom stereocenters. The van der Waals surface area contributed by atoms with Gasteiger partial charge in [-0.15, -0.1) is 0 Å². The van der Waals surface area contributed by atoms with E-state index in [0.29, 0.717) is 35.8 Å². The van der Waals surface area contributed by atoms with Crippen LogP contribution in [0.4, 0.5) is 17.1 Å². The van der Waals surface area contributed by atoms with Crippen LogP contribution in [0, 0.1) is 6.92 Å².